The number of rotatable bonds is 6. The number of likely N-dealkylation sites (tertiary alicyclic amines) is 1. The van der Waals surface area contributed by atoms with Gasteiger partial charge in [0, 0.05) is 18.7 Å². The number of halogens is 1. The first-order valence-electron chi connectivity index (χ1n) is 9.80. The predicted molar refractivity (Wildman–Crippen MR) is 104 cm³/mol. The number of nitrogens with zero attached hydrogens (tertiary/aromatic N) is 6. The Morgan fingerprint density at radius 1 is 1.21 bits per heavy atom. The van der Waals surface area contributed by atoms with Gasteiger partial charge in [-0.25, -0.2) is 9.07 Å². The highest BCUT2D eigenvalue weighted by molar-refractivity contribution is 5.77. The third kappa shape index (κ3) is 4.64. The Bertz CT molecular complexity index is 973. The van der Waals surface area contributed by atoms with Crippen molar-refractivity contribution in [3.63, 3.8) is 0 Å². The van der Waals surface area contributed by atoms with Gasteiger partial charge in [0.25, 0.3) is 0 Å². The summed E-state index contributed by atoms with van der Waals surface area (Å²) in [6.45, 7) is 3.17. The normalized spacial score (nSPS) is 16.3. The molecule has 0 aliphatic carbocycles. The third-order valence-electron chi connectivity index (χ3n) is 5.22. The summed E-state index contributed by atoms with van der Waals surface area (Å²) in [5.74, 6) is -0.145. The molecule has 3 heterocycles. The highest BCUT2D eigenvalue weighted by Gasteiger charge is 2.31. The summed E-state index contributed by atoms with van der Waals surface area (Å²) >= 11 is 0. The highest BCUT2D eigenvalue weighted by atomic mass is 19.1. The summed E-state index contributed by atoms with van der Waals surface area (Å²) in [5.41, 5.74) is 4.01. The van der Waals surface area contributed by atoms with Crippen LogP contribution < -0.4 is 0 Å². The molecule has 1 aromatic carbocycles. The first-order valence-corrected chi connectivity index (χ1v) is 9.80. The molecule has 0 saturated carbocycles. The minimum absolute atomic E-state index is 0.0109. The van der Waals surface area contributed by atoms with Gasteiger partial charge in [-0.1, -0.05) is 12.1 Å². The van der Waals surface area contributed by atoms with E-state index in [1.54, 1.807) is 16.8 Å². The minimum atomic E-state index is -0.234. The summed E-state index contributed by atoms with van der Waals surface area (Å²) in [6.07, 6.45) is 4.44. The monoisotopic (exact) mass is 394 g/mol. The van der Waals surface area contributed by atoms with Crippen LogP contribution in [-0.2, 0) is 17.8 Å². The van der Waals surface area contributed by atoms with Crippen LogP contribution in [0.4, 0.5) is 4.39 Å². The van der Waals surface area contributed by atoms with Gasteiger partial charge in [-0.05, 0) is 72.0 Å². The second-order valence-corrected chi connectivity index (χ2v) is 7.41. The van der Waals surface area contributed by atoms with Gasteiger partial charge >= 0.3 is 0 Å². The predicted octanol–water partition coefficient (Wildman–Crippen LogP) is 2.86. The maximum Gasteiger partial charge on any atom is 0.225 e. The maximum absolute atomic E-state index is 13.2. The molecule has 29 heavy (non-hydrogen) atoms. The second-order valence-electron chi connectivity index (χ2n) is 7.41. The zero-order valence-electron chi connectivity index (χ0n) is 16.3. The molecule has 150 valence electrons. The van der Waals surface area contributed by atoms with Gasteiger partial charge in [0.2, 0.25) is 5.91 Å². The fourth-order valence-electron chi connectivity index (χ4n) is 3.89. The molecule has 1 saturated heterocycles. The van der Waals surface area contributed by atoms with Crippen LogP contribution in [0.25, 0.3) is 0 Å². The molecule has 0 N–H and O–H groups in total. The fourth-order valence-corrected chi connectivity index (χ4v) is 3.89. The van der Waals surface area contributed by atoms with Crippen molar-refractivity contribution >= 4 is 5.91 Å². The quantitative estimate of drug-likeness (QED) is 0.643. The molecule has 0 spiro atoms. The number of amides is 1. The minimum Gasteiger partial charge on any atom is -0.334 e. The average molecular weight is 394 g/mol. The third-order valence-corrected chi connectivity index (χ3v) is 5.22. The number of benzene rings is 1. The molecule has 1 aliphatic rings. The Kier molecular flexibility index (Phi) is 5.59. The number of aryl methyl sites for hydroxylation is 2. The lowest BCUT2D eigenvalue weighted by Crippen LogP contribution is -2.31. The molecule has 1 atom stereocenters. The van der Waals surface area contributed by atoms with E-state index < -0.39 is 0 Å². The van der Waals surface area contributed by atoms with Crippen LogP contribution in [0.3, 0.4) is 0 Å². The molecule has 7 nitrogen and oxygen atoms in total. The summed E-state index contributed by atoms with van der Waals surface area (Å²) in [4.78, 5) is 19.4. The summed E-state index contributed by atoms with van der Waals surface area (Å²) in [5, 5.41) is 11.0. The van der Waals surface area contributed by atoms with Crippen LogP contribution in [0.1, 0.15) is 47.8 Å². The number of hydrogen-bond donors (Lipinski definition) is 0. The SMILES string of the molecule is Cc1cc(Cc2ccc(F)cc2)cc([C@@H]2CCCN2C(=O)CCn2cnnn2)n1. The Morgan fingerprint density at radius 2 is 2.03 bits per heavy atom. The molecular formula is C21H23FN6O. The van der Waals surface area contributed by atoms with Gasteiger partial charge in [-0.3, -0.25) is 9.78 Å². The van der Waals surface area contributed by atoms with Crippen molar-refractivity contribution < 1.29 is 9.18 Å². The van der Waals surface area contributed by atoms with E-state index in [1.165, 1.54) is 18.5 Å². The molecule has 2 aromatic heterocycles. The number of tetrazole rings is 1. The molecule has 0 bridgehead atoms. The number of pyridine rings is 1. The molecular weight excluding hydrogens is 371 g/mol. The molecule has 0 radical (unpaired) electrons. The van der Waals surface area contributed by atoms with Gasteiger partial charge in [-0.15, -0.1) is 5.10 Å². The first kappa shape index (κ1) is 19.2. The summed E-state index contributed by atoms with van der Waals surface area (Å²) < 4.78 is 14.7. The van der Waals surface area contributed by atoms with Crippen molar-refractivity contribution in [2.45, 2.75) is 45.2 Å². The molecule has 1 aliphatic heterocycles. The number of aromatic nitrogens is 5. The van der Waals surface area contributed by atoms with Crippen molar-refractivity contribution in [2.75, 3.05) is 6.54 Å². The average Bonchev–Trinajstić information content (AvgIpc) is 3.39. The van der Waals surface area contributed by atoms with Gasteiger partial charge < -0.3 is 4.90 Å². The van der Waals surface area contributed by atoms with Crippen molar-refractivity contribution in [1.29, 1.82) is 0 Å². The largest absolute Gasteiger partial charge is 0.334 e. The molecule has 8 heteroatoms. The molecule has 1 fully saturated rings. The molecule has 3 aromatic rings. The van der Waals surface area contributed by atoms with Gasteiger partial charge in [-0.2, -0.15) is 0 Å². The van der Waals surface area contributed by atoms with E-state index in [0.29, 0.717) is 19.4 Å². The van der Waals surface area contributed by atoms with E-state index >= 15 is 0 Å². The first-order chi connectivity index (χ1) is 14.1. The standard InChI is InChI=1S/C21H23FN6O/c1-15-11-17(12-16-4-6-18(22)7-5-16)13-19(24-15)20-3-2-9-28(20)21(29)8-10-27-14-23-25-26-27/h4-7,11,13-14,20H,2-3,8-10,12H2,1H3/t20-/m0/s1. The Morgan fingerprint density at radius 3 is 2.79 bits per heavy atom. The molecule has 0 unspecified atom stereocenters. The molecule has 1 amide bonds. The Hall–Kier alpha value is -3.16. The number of hydrogen-bond acceptors (Lipinski definition) is 5. The van der Waals surface area contributed by atoms with E-state index in [4.69, 9.17) is 4.98 Å². The van der Waals surface area contributed by atoms with E-state index in [2.05, 4.69) is 21.6 Å². The van der Waals surface area contributed by atoms with Crippen molar-refractivity contribution in [2.24, 2.45) is 0 Å². The maximum atomic E-state index is 13.2. The zero-order valence-corrected chi connectivity index (χ0v) is 16.3. The number of carbonyl (C=O) groups is 1. The van der Waals surface area contributed by atoms with Crippen molar-refractivity contribution in [1.82, 2.24) is 30.1 Å². The topological polar surface area (TPSA) is 76.8 Å². The Labute approximate surface area is 168 Å². The second kappa shape index (κ2) is 8.46. The van der Waals surface area contributed by atoms with Crippen LogP contribution in [0.2, 0.25) is 0 Å². The lowest BCUT2D eigenvalue weighted by molar-refractivity contribution is -0.132. The van der Waals surface area contributed by atoms with Crippen molar-refractivity contribution in [3.05, 3.63) is 71.1 Å². The summed E-state index contributed by atoms with van der Waals surface area (Å²) in [7, 11) is 0. The van der Waals surface area contributed by atoms with Crippen LogP contribution in [0.15, 0.2) is 42.7 Å². The van der Waals surface area contributed by atoms with Crippen molar-refractivity contribution in [3.8, 4) is 0 Å². The van der Waals surface area contributed by atoms with E-state index in [-0.39, 0.29) is 17.8 Å². The summed E-state index contributed by atoms with van der Waals surface area (Å²) in [6, 6.07) is 10.7. The van der Waals surface area contributed by atoms with Crippen LogP contribution in [-0.4, -0.2) is 42.5 Å². The molecule has 4 rings (SSSR count). The van der Waals surface area contributed by atoms with E-state index in [9.17, 15) is 9.18 Å². The van der Waals surface area contributed by atoms with Gasteiger partial charge in [0.1, 0.15) is 12.1 Å². The lowest BCUT2D eigenvalue weighted by atomic mass is 10.0. The zero-order chi connectivity index (χ0) is 20.2. The smallest absolute Gasteiger partial charge is 0.225 e. The van der Waals surface area contributed by atoms with E-state index in [0.717, 1.165) is 41.9 Å². The lowest BCUT2D eigenvalue weighted by Gasteiger charge is -2.25. The van der Waals surface area contributed by atoms with Gasteiger partial charge in [0.15, 0.2) is 0 Å². The fraction of sp³-hybridized carbons (Fsp3) is 0.381. The van der Waals surface area contributed by atoms with E-state index in [1.807, 2.05) is 17.9 Å². The van der Waals surface area contributed by atoms with Crippen LogP contribution >= 0.6 is 0 Å². The highest BCUT2D eigenvalue weighted by Crippen LogP contribution is 2.32. The van der Waals surface area contributed by atoms with Crippen LogP contribution in [0.5, 0.6) is 0 Å². The van der Waals surface area contributed by atoms with Gasteiger partial charge in [0.05, 0.1) is 18.3 Å². The Balaban J connectivity index is 1.49. The number of carbonyl (C=O) groups excluding carboxylic acids is 1. The van der Waals surface area contributed by atoms with Crippen LogP contribution in [0, 0.1) is 12.7 Å².